The molecule has 0 N–H and O–H groups in total. The summed E-state index contributed by atoms with van der Waals surface area (Å²) in [5.41, 5.74) is 4.69. The fraction of sp³-hybridized carbons (Fsp3) is 0.214. The second-order valence-electron chi connectivity index (χ2n) is 7.12. The first-order chi connectivity index (χ1) is 14.6. The highest BCUT2D eigenvalue weighted by atomic mass is 19.1. The van der Waals surface area contributed by atoms with Gasteiger partial charge < -0.3 is 4.74 Å². The van der Waals surface area contributed by atoms with Crippen molar-refractivity contribution in [2.45, 2.75) is 33.1 Å². The van der Waals surface area contributed by atoms with Crippen LogP contribution in [0.15, 0.2) is 66.7 Å². The molecule has 0 unspecified atom stereocenters. The van der Waals surface area contributed by atoms with Gasteiger partial charge in [-0.25, -0.2) is 4.39 Å². The van der Waals surface area contributed by atoms with Crippen LogP contribution in [0.5, 0.6) is 5.75 Å². The molecule has 0 aliphatic heterocycles. The molecule has 0 radical (unpaired) electrons. The molecule has 150 valence electrons. The highest BCUT2D eigenvalue weighted by Gasteiger charge is 1.97. The Hall–Kier alpha value is -3.49. The third kappa shape index (κ3) is 6.54. The second kappa shape index (κ2) is 10.9. The molecule has 0 aliphatic carbocycles. The molecule has 0 bridgehead atoms. The van der Waals surface area contributed by atoms with Crippen molar-refractivity contribution in [2.75, 3.05) is 6.61 Å². The lowest BCUT2D eigenvalue weighted by molar-refractivity contribution is 0.306. The maximum absolute atomic E-state index is 13.0. The van der Waals surface area contributed by atoms with E-state index in [-0.39, 0.29) is 5.82 Å². The quantitative estimate of drug-likeness (QED) is 0.353. The van der Waals surface area contributed by atoms with Gasteiger partial charge in [0.15, 0.2) is 0 Å². The van der Waals surface area contributed by atoms with E-state index in [0.29, 0.717) is 0 Å². The summed E-state index contributed by atoms with van der Waals surface area (Å²) in [5.74, 6) is 13.2. The summed E-state index contributed by atoms with van der Waals surface area (Å²) >= 11 is 0. The first-order valence-corrected chi connectivity index (χ1v) is 10.3. The minimum Gasteiger partial charge on any atom is -0.494 e. The van der Waals surface area contributed by atoms with Gasteiger partial charge in [-0.2, -0.15) is 0 Å². The number of hydrogen-bond donors (Lipinski definition) is 0. The van der Waals surface area contributed by atoms with Gasteiger partial charge in [0.05, 0.1) is 6.61 Å². The van der Waals surface area contributed by atoms with Crippen LogP contribution in [0, 0.1) is 36.4 Å². The van der Waals surface area contributed by atoms with Crippen LogP contribution in [0.1, 0.15) is 54.0 Å². The first-order valence-electron chi connectivity index (χ1n) is 10.3. The summed E-state index contributed by atoms with van der Waals surface area (Å²) in [6.07, 6.45) is 3.47. The fourth-order valence-corrected chi connectivity index (χ4v) is 2.88. The molecule has 0 aliphatic rings. The summed E-state index contributed by atoms with van der Waals surface area (Å²) in [4.78, 5) is 0. The number of aryl methyl sites for hydroxylation is 1. The van der Waals surface area contributed by atoms with Crippen molar-refractivity contribution in [3.63, 3.8) is 0 Å². The van der Waals surface area contributed by atoms with Gasteiger partial charge in [0.2, 0.25) is 0 Å². The molecule has 3 rings (SSSR count). The van der Waals surface area contributed by atoms with Crippen LogP contribution in [0.4, 0.5) is 4.39 Å². The highest BCUT2D eigenvalue weighted by Crippen LogP contribution is 2.13. The normalized spacial score (nSPS) is 9.83. The third-order valence-corrected chi connectivity index (χ3v) is 4.63. The van der Waals surface area contributed by atoms with Crippen molar-refractivity contribution < 1.29 is 9.13 Å². The Kier molecular flexibility index (Phi) is 7.71. The smallest absolute Gasteiger partial charge is 0.123 e. The summed E-state index contributed by atoms with van der Waals surface area (Å²) in [6.45, 7) is 4.96. The van der Waals surface area contributed by atoms with Gasteiger partial charge >= 0.3 is 0 Å². The lowest BCUT2D eigenvalue weighted by atomic mass is 10.0. The van der Waals surface area contributed by atoms with E-state index in [2.05, 4.69) is 30.6 Å². The summed E-state index contributed by atoms with van der Waals surface area (Å²) in [5, 5.41) is 0. The number of ether oxygens (including phenoxy) is 1. The van der Waals surface area contributed by atoms with Gasteiger partial charge in [0.1, 0.15) is 11.6 Å². The van der Waals surface area contributed by atoms with Crippen molar-refractivity contribution in [1.29, 1.82) is 0 Å². The van der Waals surface area contributed by atoms with Gasteiger partial charge in [-0.05, 0) is 85.6 Å². The van der Waals surface area contributed by atoms with Gasteiger partial charge in [-0.1, -0.05) is 43.4 Å². The molecule has 0 amide bonds. The van der Waals surface area contributed by atoms with E-state index >= 15 is 0 Å². The lowest BCUT2D eigenvalue weighted by Crippen LogP contribution is -1.96. The Morgan fingerprint density at radius 3 is 2.00 bits per heavy atom. The molecule has 0 saturated carbocycles. The highest BCUT2D eigenvalue weighted by molar-refractivity contribution is 5.51. The van der Waals surface area contributed by atoms with E-state index < -0.39 is 0 Å². The van der Waals surface area contributed by atoms with E-state index in [1.807, 2.05) is 49.4 Å². The zero-order valence-corrected chi connectivity index (χ0v) is 17.5. The Bertz CT molecular complexity index is 1090. The fourth-order valence-electron chi connectivity index (χ4n) is 2.88. The summed E-state index contributed by atoms with van der Waals surface area (Å²) in [7, 11) is 0. The van der Waals surface area contributed by atoms with Crippen molar-refractivity contribution in [3.8, 4) is 29.4 Å². The van der Waals surface area contributed by atoms with Crippen LogP contribution in [0.3, 0.4) is 0 Å². The molecule has 0 saturated heterocycles. The number of unbranched alkanes of at least 4 members (excludes halogenated alkanes) is 2. The molecule has 0 heterocycles. The van der Waals surface area contributed by atoms with Crippen molar-refractivity contribution >= 4 is 0 Å². The molecule has 1 nitrogen and oxygen atoms in total. The van der Waals surface area contributed by atoms with Crippen LogP contribution in [-0.2, 0) is 0 Å². The Morgan fingerprint density at radius 2 is 1.33 bits per heavy atom. The van der Waals surface area contributed by atoms with Crippen LogP contribution >= 0.6 is 0 Å². The molecular weight excluding hydrogens is 371 g/mol. The predicted octanol–water partition coefficient (Wildman–Crippen LogP) is 6.50. The number of hydrogen-bond acceptors (Lipinski definition) is 1. The van der Waals surface area contributed by atoms with Crippen molar-refractivity contribution in [1.82, 2.24) is 0 Å². The van der Waals surface area contributed by atoms with Gasteiger partial charge in [0.25, 0.3) is 0 Å². The third-order valence-electron chi connectivity index (χ3n) is 4.63. The number of halogens is 1. The van der Waals surface area contributed by atoms with E-state index in [1.165, 1.54) is 25.0 Å². The zero-order valence-electron chi connectivity index (χ0n) is 17.5. The van der Waals surface area contributed by atoms with Crippen LogP contribution in [-0.4, -0.2) is 6.61 Å². The SMILES string of the molecule is CCCCCOc1ccc(C#Cc2ccc(C#Cc3ccc(F)cc3)c(C)c2)cc1. The van der Waals surface area contributed by atoms with E-state index in [1.54, 1.807) is 12.1 Å². The van der Waals surface area contributed by atoms with Gasteiger partial charge in [-0.15, -0.1) is 0 Å². The minimum atomic E-state index is -0.256. The maximum Gasteiger partial charge on any atom is 0.123 e. The zero-order chi connectivity index (χ0) is 21.2. The summed E-state index contributed by atoms with van der Waals surface area (Å²) < 4.78 is 18.7. The van der Waals surface area contributed by atoms with Crippen LogP contribution < -0.4 is 4.74 Å². The lowest BCUT2D eigenvalue weighted by Gasteiger charge is -2.05. The molecule has 2 heteroatoms. The topological polar surface area (TPSA) is 9.23 Å². The predicted molar refractivity (Wildman–Crippen MR) is 121 cm³/mol. The average molecular weight is 397 g/mol. The maximum atomic E-state index is 13.0. The molecular formula is C28H25FO. The monoisotopic (exact) mass is 396 g/mol. The van der Waals surface area contributed by atoms with Crippen LogP contribution in [0.2, 0.25) is 0 Å². The number of benzene rings is 3. The Balaban J connectivity index is 1.64. The van der Waals surface area contributed by atoms with Gasteiger partial charge in [0, 0.05) is 22.3 Å². The second-order valence-corrected chi connectivity index (χ2v) is 7.12. The number of rotatable bonds is 5. The molecule has 0 spiro atoms. The van der Waals surface area contributed by atoms with Crippen LogP contribution in [0.25, 0.3) is 0 Å². The van der Waals surface area contributed by atoms with E-state index in [0.717, 1.165) is 46.6 Å². The van der Waals surface area contributed by atoms with E-state index in [9.17, 15) is 4.39 Å². The molecule has 3 aromatic rings. The van der Waals surface area contributed by atoms with E-state index in [4.69, 9.17) is 4.74 Å². The molecule has 0 aromatic heterocycles. The van der Waals surface area contributed by atoms with Crippen molar-refractivity contribution in [2.24, 2.45) is 0 Å². The van der Waals surface area contributed by atoms with Gasteiger partial charge in [-0.3, -0.25) is 0 Å². The Morgan fingerprint density at radius 1 is 0.733 bits per heavy atom. The largest absolute Gasteiger partial charge is 0.494 e. The van der Waals surface area contributed by atoms with Crippen molar-refractivity contribution in [3.05, 3.63) is 100 Å². The first kappa shape index (κ1) is 21.2. The standard InChI is InChI=1S/C28H25FO/c1-3-4-5-20-30-28-18-12-23(13-19-28)6-7-25-9-15-26(22(2)21-25)14-8-24-10-16-27(29)17-11-24/h9-13,15-19,21H,3-5,20H2,1-2H3. The molecule has 30 heavy (non-hydrogen) atoms. The molecule has 3 aromatic carbocycles. The average Bonchev–Trinajstić information content (AvgIpc) is 2.76. The Labute approximate surface area is 178 Å². The molecule has 0 atom stereocenters. The molecule has 0 fully saturated rings. The summed E-state index contributed by atoms with van der Waals surface area (Å²) in [6, 6.07) is 20.1. The minimum absolute atomic E-state index is 0.256.